The minimum absolute atomic E-state index is 0.0150. The fourth-order valence-electron chi connectivity index (χ4n) is 2.49. The number of ketones is 1. The molecular weight excluding hydrogens is 180 g/mol. The van der Waals surface area contributed by atoms with E-state index in [4.69, 9.17) is 0 Å². The molecule has 0 unspecified atom stereocenters. The van der Waals surface area contributed by atoms with Gasteiger partial charge in [0.05, 0.1) is 7.11 Å². The number of esters is 1. The van der Waals surface area contributed by atoms with E-state index in [0.29, 0.717) is 17.9 Å². The summed E-state index contributed by atoms with van der Waals surface area (Å²) in [5.41, 5.74) is 1.42. The van der Waals surface area contributed by atoms with E-state index in [1.54, 1.807) is 0 Å². The van der Waals surface area contributed by atoms with E-state index >= 15 is 0 Å². The van der Waals surface area contributed by atoms with Crippen molar-refractivity contribution in [3.8, 4) is 0 Å². The molecule has 0 radical (unpaired) electrons. The minimum Gasteiger partial charge on any atom is -0.465 e. The lowest BCUT2D eigenvalue weighted by molar-refractivity contribution is -0.137. The van der Waals surface area contributed by atoms with Gasteiger partial charge in [0.25, 0.3) is 0 Å². The van der Waals surface area contributed by atoms with Crippen LogP contribution in [0.3, 0.4) is 0 Å². The Labute approximate surface area is 83.1 Å². The highest BCUT2D eigenvalue weighted by Gasteiger charge is 2.37. The van der Waals surface area contributed by atoms with Crippen molar-refractivity contribution < 1.29 is 14.3 Å². The molecule has 2 aliphatic rings. The van der Waals surface area contributed by atoms with Gasteiger partial charge in [-0.25, -0.2) is 4.79 Å². The van der Waals surface area contributed by atoms with Crippen molar-refractivity contribution >= 4 is 11.8 Å². The second-order valence-electron chi connectivity index (χ2n) is 3.96. The maximum atomic E-state index is 11.6. The van der Waals surface area contributed by atoms with Crippen LogP contribution >= 0.6 is 0 Å². The summed E-state index contributed by atoms with van der Waals surface area (Å²) < 4.78 is 4.64. The van der Waals surface area contributed by atoms with Gasteiger partial charge in [-0.3, -0.25) is 4.79 Å². The van der Waals surface area contributed by atoms with Gasteiger partial charge in [-0.2, -0.15) is 0 Å². The van der Waals surface area contributed by atoms with Crippen molar-refractivity contribution in [3.63, 3.8) is 0 Å². The lowest BCUT2D eigenvalue weighted by Crippen LogP contribution is -2.12. The maximum absolute atomic E-state index is 11.6. The van der Waals surface area contributed by atoms with Crippen LogP contribution in [0.15, 0.2) is 11.1 Å². The molecule has 0 saturated heterocycles. The van der Waals surface area contributed by atoms with E-state index in [2.05, 4.69) is 4.74 Å². The highest BCUT2D eigenvalue weighted by molar-refractivity contribution is 6.19. The van der Waals surface area contributed by atoms with E-state index < -0.39 is 5.97 Å². The molecule has 2 aliphatic carbocycles. The number of hydrogen-bond acceptors (Lipinski definition) is 3. The molecule has 76 valence electrons. The van der Waals surface area contributed by atoms with Crippen LogP contribution in [-0.4, -0.2) is 18.9 Å². The lowest BCUT2D eigenvalue weighted by Gasteiger charge is -2.19. The van der Waals surface area contributed by atoms with Crippen LogP contribution in [0.4, 0.5) is 0 Å². The molecule has 3 heteroatoms. The van der Waals surface area contributed by atoms with E-state index in [1.165, 1.54) is 13.5 Å². The van der Waals surface area contributed by atoms with Crippen molar-refractivity contribution in [2.24, 2.45) is 5.92 Å². The van der Waals surface area contributed by atoms with Crippen molar-refractivity contribution in [2.45, 2.75) is 32.1 Å². The first-order valence-electron chi connectivity index (χ1n) is 5.08. The largest absolute Gasteiger partial charge is 0.465 e. The third kappa shape index (κ3) is 1.37. The summed E-state index contributed by atoms with van der Waals surface area (Å²) in [6.07, 6.45) is 4.76. The van der Waals surface area contributed by atoms with Gasteiger partial charge >= 0.3 is 5.97 Å². The molecule has 14 heavy (non-hydrogen) atoms. The minimum atomic E-state index is -0.436. The van der Waals surface area contributed by atoms with Crippen molar-refractivity contribution in [3.05, 3.63) is 11.1 Å². The highest BCUT2D eigenvalue weighted by Crippen LogP contribution is 2.40. The Morgan fingerprint density at radius 2 is 2.21 bits per heavy atom. The second kappa shape index (κ2) is 3.56. The smallest absolute Gasteiger partial charge is 0.341 e. The molecule has 2 rings (SSSR count). The molecule has 0 heterocycles. The third-order valence-corrected chi connectivity index (χ3v) is 3.16. The van der Waals surface area contributed by atoms with Gasteiger partial charge in [-0.15, -0.1) is 0 Å². The van der Waals surface area contributed by atoms with Crippen LogP contribution in [0, 0.1) is 5.92 Å². The third-order valence-electron chi connectivity index (χ3n) is 3.16. The molecule has 1 fully saturated rings. The fraction of sp³-hybridized carbons (Fsp3) is 0.636. The van der Waals surface area contributed by atoms with Gasteiger partial charge in [-0.1, -0.05) is 6.42 Å². The van der Waals surface area contributed by atoms with Crippen molar-refractivity contribution in [1.29, 1.82) is 0 Å². The number of fused-ring (bicyclic) bond motifs is 1. The Morgan fingerprint density at radius 1 is 1.43 bits per heavy atom. The molecular formula is C11H14O3. The Morgan fingerprint density at radius 3 is 2.93 bits per heavy atom. The fourth-order valence-corrected chi connectivity index (χ4v) is 2.49. The average Bonchev–Trinajstić information content (AvgIpc) is 2.53. The molecule has 0 spiro atoms. The summed E-state index contributed by atoms with van der Waals surface area (Å²) in [4.78, 5) is 23.0. The van der Waals surface area contributed by atoms with Gasteiger partial charge < -0.3 is 4.74 Å². The monoisotopic (exact) mass is 194 g/mol. The van der Waals surface area contributed by atoms with Crippen LogP contribution in [-0.2, 0) is 14.3 Å². The highest BCUT2D eigenvalue weighted by atomic mass is 16.5. The normalized spacial score (nSPS) is 26.4. The Balaban J connectivity index is 2.33. The predicted octanol–water partition coefficient (Wildman–Crippen LogP) is 1.62. The molecule has 0 amide bonds. The molecule has 0 bridgehead atoms. The van der Waals surface area contributed by atoms with Gasteiger partial charge in [0.1, 0.15) is 5.57 Å². The van der Waals surface area contributed by atoms with E-state index in [1.807, 2.05) is 0 Å². The van der Waals surface area contributed by atoms with Crippen LogP contribution in [0.1, 0.15) is 32.1 Å². The molecule has 0 aromatic rings. The zero-order valence-electron chi connectivity index (χ0n) is 8.34. The summed E-state index contributed by atoms with van der Waals surface area (Å²) in [6, 6.07) is 0. The quantitative estimate of drug-likeness (QED) is 0.470. The molecule has 1 atom stereocenters. The standard InChI is InChI=1S/C11H14O3/c1-14-11(13)10-8-5-3-2-4-7(8)6-9(10)12/h7H,2-6H2,1H3/t7-/m0/s1. The van der Waals surface area contributed by atoms with Gasteiger partial charge in [0.15, 0.2) is 5.78 Å². The summed E-state index contributed by atoms with van der Waals surface area (Å²) in [7, 11) is 1.33. The molecule has 1 saturated carbocycles. The van der Waals surface area contributed by atoms with E-state index in [9.17, 15) is 9.59 Å². The van der Waals surface area contributed by atoms with Gasteiger partial charge in [0, 0.05) is 6.42 Å². The van der Waals surface area contributed by atoms with E-state index in [-0.39, 0.29) is 5.78 Å². The first-order valence-corrected chi connectivity index (χ1v) is 5.08. The number of methoxy groups -OCH3 is 1. The summed E-state index contributed by atoms with van der Waals surface area (Å²) in [5, 5.41) is 0. The van der Waals surface area contributed by atoms with Crippen LogP contribution in [0.5, 0.6) is 0 Å². The zero-order chi connectivity index (χ0) is 10.1. The first kappa shape index (κ1) is 9.44. The number of ether oxygens (including phenoxy) is 1. The number of carbonyl (C=O) groups is 2. The van der Waals surface area contributed by atoms with E-state index in [0.717, 1.165) is 24.8 Å². The zero-order valence-corrected chi connectivity index (χ0v) is 8.34. The topological polar surface area (TPSA) is 43.4 Å². The Bertz CT molecular complexity index is 314. The summed E-state index contributed by atoms with van der Waals surface area (Å²) in [6.45, 7) is 0. The molecule has 0 aliphatic heterocycles. The molecule has 0 N–H and O–H groups in total. The Kier molecular flexibility index (Phi) is 2.40. The van der Waals surface area contributed by atoms with Crippen molar-refractivity contribution in [2.75, 3.05) is 7.11 Å². The first-order chi connectivity index (χ1) is 6.74. The van der Waals surface area contributed by atoms with Crippen molar-refractivity contribution in [1.82, 2.24) is 0 Å². The number of carbonyl (C=O) groups excluding carboxylic acids is 2. The summed E-state index contributed by atoms with van der Waals surface area (Å²) in [5.74, 6) is -0.113. The summed E-state index contributed by atoms with van der Waals surface area (Å²) >= 11 is 0. The predicted molar refractivity (Wildman–Crippen MR) is 50.6 cm³/mol. The number of Topliss-reactive ketones (excluding diaryl/α,β-unsaturated/α-hetero) is 1. The molecule has 0 aromatic heterocycles. The van der Waals surface area contributed by atoms with Crippen LogP contribution < -0.4 is 0 Å². The SMILES string of the molecule is COC(=O)C1=C2CCCC[C@H]2CC1=O. The maximum Gasteiger partial charge on any atom is 0.341 e. The van der Waals surface area contributed by atoms with Gasteiger partial charge in [-0.05, 0) is 30.8 Å². The van der Waals surface area contributed by atoms with Crippen LogP contribution in [0.2, 0.25) is 0 Å². The second-order valence-corrected chi connectivity index (χ2v) is 3.96. The number of allylic oxidation sites excluding steroid dienone is 1. The Hall–Kier alpha value is -1.12. The number of hydrogen-bond donors (Lipinski definition) is 0. The number of rotatable bonds is 1. The van der Waals surface area contributed by atoms with Crippen LogP contribution in [0.25, 0.3) is 0 Å². The average molecular weight is 194 g/mol. The lowest BCUT2D eigenvalue weighted by atomic mass is 9.85. The molecule has 3 nitrogen and oxygen atoms in total. The van der Waals surface area contributed by atoms with Gasteiger partial charge in [0.2, 0.25) is 0 Å². The molecule has 0 aromatic carbocycles.